The maximum atomic E-state index is 13.1. The second-order valence-corrected chi connectivity index (χ2v) is 29.2. The number of carbonyl (C=O) groups excluding carboxylic acids is 4. The highest BCUT2D eigenvalue weighted by Gasteiger charge is 2.30. The molecule has 5 atom stereocenters. The Morgan fingerprint density at radius 2 is 0.500 bits per heavy atom. The van der Waals surface area contributed by atoms with Crippen LogP contribution in [-0.2, 0) is 65.4 Å². The average molecular weight is 1380 g/mol. The zero-order valence-electron chi connectivity index (χ0n) is 60.4. The van der Waals surface area contributed by atoms with Gasteiger partial charge in [0, 0.05) is 25.7 Å². The molecule has 0 aliphatic carbocycles. The molecule has 0 fully saturated rings. The fourth-order valence-corrected chi connectivity index (χ4v) is 12.5. The van der Waals surface area contributed by atoms with Crippen molar-refractivity contribution in [3.8, 4) is 0 Å². The summed E-state index contributed by atoms with van der Waals surface area (Å²) >= 11 is 0. The number of hydrogen-bond acceptors (Lipinski definition) is 15. The lowest BCUT2D eigenvalue weighted by Gasteiger charge is -2.21. The van der Waals surface area contributed by atoms with E-state index in [4.69, 9.17) is 37.0 Å². The molecule has 19 heteroatoms. The number of hydrogen-bond donors (Lipinski definition) is 3. The summed E-state index contributed by atoms with van der Waals surface area (Å²) in [6, 6.07) is 0. The number of unbranched alkanes of at least 4 members (excludes halogenated alkanes) is 44. The number of carbonyl (C=O) groups is 4. The highest BCUT2D eigenvalue weighted by molar-refractivity contribution is 7.47. The molecule has 0 bridgehead atoms. The lowest BCUT2D eigenvalue weighted by atomic mass is 10.0. The van der Waals surface area contributed by atoms with Gasteiger partial charge in [0.1, 0.15) is 19.3 Å². The molecule has 0 saturated heterocycles. The van der Waals surface area contributed by atoms with Crippen LogP contribution in [-0.4, -0.2) is 96.7 Å². The fourth-order valence-electron chi connectivity index (χ4n) is 11.0. The van der Waals surface area contributed by atoms with Crippen molar-refractivity contribution in [2.75, 3.05) is 39.6 Å². The number of phosphoric acid groups is 2. The van der Waals surface area contributed by atoms with Crippen LogP contribution in [0.3, 0.4) is 0 Å². The molecule has 0 aromatic carbocycles. The van der Waals surface area contributed by atoms with E-state index in [-0.39, 0.29) is 25.7 Å². The van der Waals surface area contributed by atoms with Crippen LogP contribution in [0.25, 0.3) is 0 Å². The molecule has 0 spiro atoms. The maximum Gasteiger partial charge on any atom is 0.472 e. The minimum Gasteiger partial charge on any atom is -0.462 e. The molecular weight excluding hydrogens is 1230 g/mol. The Balaban J connectivity index is 5.26. The van der Waals surface area contributed by atoms with Gasteiger partial charge in [-0.3, -0.25) is 37.3 Å². The minimum atomic E-state index is -4.96. The van der Waals surface area contributed by atoms with Crippen molar-refractivity contribution in [1.29, 1.82) is 0 Å². The van der Waals surface area contributed by atoms with Crippen LogP contribution in [0.2, 0.25) is 0 Å². The first-order chi connectivity index (χ1) is 45.7. The molecule has 0 aromatic heterocycles. The fraction of sp³-hybridized carbons (Fsp3) is 0.893. The molecule has 0 saturated carbocycles. The van der Waals surface area contributed by atoms with E-state index in [1.165, 1.54) is 173 Å². The summed E-state index contributed by atoms with van der Waals surface area (Å²) in [6.45, 7) is 4.90. The molecule has 0 heterocycles. The van der Waals surface area contributed by atoms with Crippen LogP contribution in [0.1, 0.15) is 374 Å². The second-order valence-electron chi connectivity index (χ2n) is 26.3. The molecule has 0 rings (SSSR count). The van der Waals surface area contributed by atoms with Gasteiger partial charge in [0.05, 0.1) is 26.4 Å². The molecule has 17 nitrogen and oxygen atoms in total. The van der Waals surface area contributed by atoms with Gasteiger partial charge in [-0.25, -0.2) is 9.13 Å². The van der Waals surface area contributed by atoms with E-state index in [0.717, 1.165) is 122 Å². The van der Waals surface area contributed by atoms with Gasteiger partial charge < -0.3 is 33.8 Å². The van der Waals surface area contributed by atoms with Crippen molar-refractivity contribution in [3.63, 3.8) is 0 Å². The predicted molar refractivity (Wildman–Crippen MR) is 381 cm³/mol. The Kier molecular flexibility index (Phi) is 67.2. The minimum absolute atomic E-state index is 0.0927. The Morgan fingerprint density at radius 3 is 0.766 bits per heavy atom. The first kappa shape index (κ1) is 91.5. The molecular formula is C75H142O17P2. The van der Waals surface area contributed by atoms with Gasteiger partial charge in [0.25, 0.3) is 0 Å². The molecule has 5 unspecified atom stereocenters. The quantitative estimate of drug-likeness (QED) is 0.0169. The summed E-state index contributed by atoms with van der Waals surface area (Å²) in [7, 11) is -9.92. The lowest BCUT2D eigenvalue weighted by molar-refractivity contribution is -0.161. The number of phosphoric ester groups is 2. The summed E-state index contributed by atoms with van der Waals surface area (Å²) in [5.74, 6) is -2.15. The summed E-state index contributed by atoms with van der Waals surface area (Å²) in [5, 5.41) is 10.6. The predicted octanol–water partition coefficient (Wildman–Crippen LogP) is 21.8. The number of aliphatic hydroxyl groups excluding tert-OH is 1. The molecule has 0 aliphatic rings. The van der Waals surface area contributed by atoms with Crippen LogP contribution in [0.5, 0.6) is 0 Å². The molecule has 3 N–H and O–H groups in total. The van der Waals surface area contributed by atoms with Crippen LogP contribution in [0.15, 0.2) is 24.3 Å². The third-order valence-electron chi connectivity index (χ3n) is 16.9. The average Bonchev–Trinajstić information content (AvgIpc) is 2.22. The van der Waals surface area contributed by atoms with Crippen LogP contribution in [0, 0.1) is 0 Å². The third kappa shape index (κ3) is 68.1. The summed E-state index contributed by atoms with van der Waals surface area (Å²) in [5.41, 5.74) is 0. The zero-order valence-corrected chi connectivity index (χ0v) is 62.2. The summed E-state index contributed by atoms with van der Waals surface area (Å²) < 4.78 is 68.4. The van der Waals surface area contributed by atoms with Crippen molar-refractivity contribution < 1.29 is 80.2 Å². The van der Waals surface area contributed by atoms with Crippen molar-refractivity contribution in [3.05, 3.63) is 24.3 Å². The highest BCUT2D eigenvalue weighted by atomic mass is 31.2. The normalized spacial score (nSPS) is 14.1. The van der Waals surface area contributed by atoms with Crippen LogP contribution >= 0.6 is 15.6 Å². The number of aliphatic hydroxyl groups is 1. The summed E-state index contributed by atoms with van der Waals surface area (Å²) in [4.78, 5) is 72.7. The number of ether oxygens (including phenoxy) is 4. The van der Waals surface area contributed by atoms with E-state index >= 15 is 0 Å². The monoisotopic (exact) mass is 1380 g/mol. The molecule has 0 aliphatic heterocycles. The SMILES string of the molecule is CCCC/C=C\CCCCCCCC(=O)OC(COC(=O)CCCCCCCCCCCCCCCCC)COP(=O)(O)OCC(O)COP(=O)(O)OCC(COC(=O)CCCCCCC/C=C\CCCCCCCC)OC(=O)CCCCCCCCCCCCCCC. The van der Waals surface area contributed by atoms with Crippen LogP contribution < -0.4 is 0 Å². The third-order valence-corrected chi connectivity index (χ3v) is 18.8. The Labute approximate surface area is 573 Å². The van der Waals surface area contributed by atoms with Gasteiger partial charge in [-0.05, 0) is 70.6 Å². The smallest absolute Gasteiger partial charge is 0.462 e. The Morgan fingerprint density at radius 1 is 0.287 bits per heavy atom. The summed E-state index contributed by atoms with van der Waals surface area (Å²) in [6.07, 6.45) is 61.7. The zero-order chi connectivity index (χ0) is 69.0. The number of rotatable bonds is 74. The molecule has 94 heavy (non-hydrogen) atoms. The van der Waals surface area contributed by atoms with Crippen molar-refractivity contribution >= 4 is 39.5 Å². The Hall–Kier alpha value is -2.46. The molecule has 554 valence electrons. The first-order valence-corrected chi connectivity index (χ1v) is 41.6. The van der Waals surface area contributed by atoms with E-state index in [9.17, 15) is 43.2 Å². The van der Waals surface area contributed by atoms with E-state index in [0.29, 0.717) is 25.7 Å². The number of allylic oxidation sites excluding steroid dienone is 4. The van der Waals surface area contributed by atoms with Gasteiger partial charge in [0.15, 0.2) is 12.2 Å². The molecule has 0 amide bonds. The van der Waals surface area contributed by atoms with Crippen molar-refractivity contribution in [1.82, 2.24) is 0 Å². The van der Waals surface area contributed by atoms with Gasteiger partial charge >= 0.3 is 39.5 Å². The van der Waals surface area contributed by atoms with Gasteiger partial charge in [-0.15, -0.1) is 0 Å². The van der Waals surface area contributed by atoms with E-state index in [1.807, 2.05) is 0 Å². The maximum absolute atomic E-state index is 13.1. The highest BCUT2D eigenvalue weighted by Crippen LogP contribution is 2.45. The van der Waals surface area contributed by atoms with Crippen molar-refractivity contribution in [2.45, 2.75) is 393 Å². The molecule has 0 radical (unpaired) electrons. The van der Waals surface area contributed by atoms with Crippen molar-refractivity contribution in [2.24, 2.45) is 0 Å². The largest absolute Gasteiger partial charge is 0.472 e. The van der Waals surface area contributed by atoms with Gasteiger partial charge in [-0.2, -0.15) is 0 Å². The van der Waals surface area contributed by atoms with E-state index < -0.39 is 97.5 Å². The van der Waals surface area contributed by atoms with E-state index in [2.05, 4.69) is 52.0 Å². The van der Waals surface area contributed by atoms with Gasteiger partial charge in [0.2, 0.25) is 0 Å². The second kappa shape index (κ2) is 69.0. The number of esters is 4. The standard InChI is InChI=1S/C75H142O17P2/c1-5-9-13-17-21-25-29-32-34-37-40-43-47-51-55-59-72(77)85-65-70(91-74(79)61-57-53-49-45-39-28-24-20-16-12-8-4)67-89-93(81,82)87-63-69(76)64-88-94(83,84)90-68-71(92-75(80)62-58-54-50-46-42-36-31-27-23-19-15-11-7-3)66-86-73(78)60-56-52-48-44-41-38-35-33-30-26-22-18-14-10-6-2/h20,24,33,35,69-71,76H,5-19,21-23,25-32,34,36-68H2,1-4H3,(H,81,82)(H,83,84)/b24-20-,35-33-. The topological polar surface area (TPSA) is 237 Å². The Bertz CT molecular complexity index is 1880. The molecule has 0 aromatic rings. The van der Waals surface area contributed by atoms with E-state index in [1.54, 1.807) is 0 Å². The van der Waals surface area contributed by atoms with Crippen LogP contribution in [0.4, 0.5) is 0 Å². The van der Waals surface area contributed by atoms with Gasteiger partial charge in [-0.1, -0.05) is 302 Å². The lowest BCUT2D eigenvalue weighted by Crippen LogP contribution is -2.30. The first-order valence-electron chi connectivity index (χ1n) is 38.6.